The molecule has 1 saturated heterocycles. The Morgan fingerprint density at radius 1 is 1.39 bits per heavy atom. The van der Waals surface area contributed by atoms with Crippen LogP contribution in [0.4, 0.5) is 4.39 Å². The van der Waals surface area contributed by atoms with Crippen LogP contribution < -0.4 is 0 Å². The van der Waals surface area contributed by atoms with Crippen LogP contribution in [0.5, 0.6) is 0 Å². The normalized spacial score (nSPS) is 21.6. The first-order valence-corrected chi connectivity index (χ1v) is 7.73. The number of hydrogen-bond acceptors (Lipinski definition) is 2. The summed E-state index contributed by atoms with van der Waals surface area (Å²) in [6.07, 6.45) is 3.20. The van der Waals surface area contributed by atoms with E-state index in [0.717, 1.165) is 10.9 Å². The number of benzene rings is 1. The molecule has 1 aliphatic heterocycles. The van der Waals surface area contributed by atoms with Crippen molar-refractivity contribution in [2.75, 3.05) is 6.54 Å². The fourth-order valence-electron chi connectivity index (χ4n) is 3.23. The fraction of sp³-hybridized carbons (Fsp3) is 0.412. The third kappa shape index (κ3) is 3.06. The topological polar surface area (TPSA) is 73.4 Å². The van der Waals surface area contributed by atoms with E-state index in [1.54, 1.807) is 17.2 Å². The number of aromatic amines is 1. The molecule has 1 aliphatic rings. The first kappa shape index (κ1) is 15.5. The van der Waals surface area contributed by atoms with Gasteiger partial charge < -0.3 is 15.0 Å². The molecule has 0 bridgehead atoms. The summed E-state index contributed by atoms with van der Waals surface area (Å²) in [6, 6.07) is 4.46. The second kappa shape index (κ2) is 6.02. The molecule has 1 amide bonds. The zero-order chi connectivity index (χ0) is 16.6. The molecule has 1 aromatic carbocycles. The van der Waals surface area contributed by atoms with Crippen LogP contribution in [-0.4, -0.2) is 39.5 Å². The van der Waals surface area contributed by atoms with Crippen molar-refractivity contribution in [3.8, 4) is 0 Å². The van der Waals surface area contributed by atoms with Gasteiger partial charge in [-0.15, -0.1) is 0 Å². The van der Waals surface area contributed by atoms with Gasteiger partial charge in [-0.3, -0.25) is 9.59 Å². The molecule has 2 aromatic rings. The number of aromatic nitrogens is 1. The molecule has 0 spiro atoms. The minimum Gasteiger partial charge on any atom is -0.481 e. The van der Waals surface area contributed by atoms with E-state index in [9.17, 15) is 14.0 Å². The van der Waals surface area contributed by atoms with Crippen molar-refractivity contribution >= 4 is 22.8 Å². The summed E-state index contributed by atoms with van der Waals surface area (Å²) in [4.78, 5) is 28.4. The molecule has 122 valence electrons. The molecule has 5 nitrogen and oxygen atoms in total. The van der Waals surface area contributed by atoms with Crippen molar-refractivity contribution < 1.29 is 19.1 Å². The summed E-state index contributed by atoms with van der Waals surface area (Å²) in [5, 5.41) is 9.99. The molecule has 1 fully saturated rings. The smallest absolute Gasteiger partial charge is 0.308 e. The lowest BCUT2D eigenvalue weighted by Crippen LogP contribution is -2.47. The van der Waals surface area contributed by atoms with Crippen LogP contribution in [-0.2, 0) is 16.0 Å². The number of H-pyrrole nitrogens is 1. The van der Waals surface area contributed by atoms with Crippen LogP contribution in [0, 0.1) is 11.7 Å². The molecule has 0 saturated carbocycles. The molecule has 0 radical (unpaired) electrons. The van der Waals surface area contributed by atoms with Gasteiger partial charge in [-0.2, -0.15) is 0 Å². The number of carboxylic acid groups (broad SMARTS) is 1. The van der Waals surface area contributed by atoms with E-state index in [2.05, 4.69) is 4.98 Å². The Labute approximate surface area is 133 Å². The van der Waals surface area contributed by atoms with E-state index >= 15 is 0 Å². The van der Waals surface area contributed by atoms with Gasteiger partial charge >= 0.3 is 5.97 Å². The minimum absolute atomic E-state index is 0.0424. The SMILES string of the molecule is CC1CCC(C(=O)O)CN1C(=O)Cc1c[nH]c2cc(F)ccc12. The van der Waals surface area contributed by atoms with Gasteiger partial charge in [0.25, 0.3) is 0 Å². The maximum absolute atomic E-state index is 13.2. The quantitative estimate of drug-likeness (QED) is 0.913. The van der Waals surface area contributed by atoms with Gasteiger partial charge in [-0.25, -0.2) is 4.39 Å². The highest BCUT2D eigenvalue weighted by atomic mass is 19.1. The Hall–Kier alpha value is -2.37. The number of aliphatic carboxylic acids is 1. The number of rotatable bonds is 3. The highest BCUT2D eigenvalue weighted by Gasteiger charge is 2.32. The van der Waals surface area contributed by atoms with E-state index in [0.29, 0.717) is 18.4 Å². The van der Waals surface area contributed by atoms with Gasteiger partial charge in [0.05, 0.1) is 12.3 Å². The van der Waals surface area contributed by atoms with Crippen LogP contribution in [0.25, 0.3) is 10.9 Å². The largest absolute Gasteiger partial charge is 0.481 e. The molecule has 2 N–H and O–H groups in total. The Bertz CT molecular complexity index is 755. The van der Waals surface area contributed by atoms with Crippen molar-refractivity contribution in [1.82, 2.24) is 9.88 Å². The van der Waals surface area contributed by atoms with Crippen LogP contribution in [0.1, 0.15) is 25.3 Å². The molecular weight excluding hydrogens is 299 g/mol. The molecule has 1 aromatic heterocycles. The number of carbonyl (C=O) groups excluding carboxylic acids is 1. The second-order valence-corrected chi connectivity index (χ2v) is 6.19. The van der Waals surface area contributed by atoms with Crippen LogP contribution in [0.2, 0.25) is 0 Å². The summed E-state index contributed by atoms with van der Waals surface area (Å²) >= 11 is 0. The van der Waals surface area contributed by atoms with Crippen LogP contribution in [0.3, 0.4) is 0 Å². The highest BCUT2D eigenvalue weighted by Crippen LogP contribution is 2.25. The Balaban J connectivity index is 1.78. The summed E-state index contributed by atoms with van der Waals surface area (Å²) < 4.78 is 13.2. The number of halogens is 1. The first-order chi connectivity index (χ1) is 11.0. The third-order valence-electron chi connectivity index (χ3n) is 4.62. The lowest BCUT2D eigenvalue weighted by Gasteiger charge is -2.36. The van der Waals surface area contributed by atoms with Crippen LogP contribution in [0.15, 0.2) is 24.4 Å². The maximum Gasteiger partial charge on any atom is 0.308 e. The summed E-state index contributed by atoms with van der Waals surface area (Å²) in [6.45, 7) is 2.20. The van der Waals surface area contributed by atoms with Gasteiger partial charge in [0.1, 0.15) is 5.82 Å². The summed E-state index contributed by atoms with van der Waals surface area (Å²) in [5.41, 5.74) is 1.46. The molecule has 2 atom stereocenters. The van der Waals surface area contributed by atoms with Crippen molar-refractivity contribution in [2.24, 2.45) is 5.92 Å². The molecule has 0 aliphatic carbocycles. The minimum atomic E-state index is -0.850. The lowest BCUT2D eigenvalue weighted by molar-refractivity contribution is -0.146. The van der Waals surface area contributed by atoms with E-state index in [-0.39, 0.29) is 30.7 Å². The Kier molecular flexibility index (Phi) is 4.07. The summed E-state index contributed by atoms with van der Waals surface area (Å²) in [7, 11) is 0. The van der Waals surface area contributed by atoms with Gasteiger partial charge in [0, 0.05) is 29.7 Å². The molecule has 2 unspecified atom stereocenters. The summed E-state index contributed by atoms with van der Waals surface area (Å²) in [5.74, 6) is -1.76. The zero-order valence-corrected chi connectivity index (χ0v) is 12.9. The van der Waals surface area contributed by atoms with Gasteiger partial charge in [0.15, 0.2) is 0 Å². The molecule has 3 rings (SSSR count). The number of amides is 1. The third-order valence-corrected chi connectivity index (χ3v) is 4.62. The predicted molar refractivity (Wildman–Crippen MR) is 83.5 cm³/mol. The number of likely N-dealkylation sites (tertiary alicyclic amines) is 1. The van der Waals surface area contributed by atoms with Gasteiger partial charge in [0.2, 0.25) is 5.91 Å². The standard InChI is InChI=1S/C17H19FN2O3/c1-10-2-3-11(17(22)23)9-20(10)16(21)6-12-8-19-15-7-13(18)4-5-14(12)15/h4-5,7-8,10-11,19H,2-3,6,9H2,1H3,(H,22,23). The van der Waals surface area contributed by atoms with Crippen molar-refractivity contribution in [3.63, 3.8) is 0 Å². The Morgan fingerprint density at radius 2 is 2.17 bits per heavy atom. The molecule has 6 heteroatoms. The van der Waals surface area contributed by atoms with Crippen LogP contribution >= 0.6 is 0 Å². The molecular formula is C17H19FN2O3. The number of carbonyl (C=O) groups is 2. The van der Waals surface area contributed by atoms with Crippen molar-refractivity contribution in [2.45, 2.75) is 32.2 Å². The predicted octanol–water partition coefficient (Wildman–Crippen LogP) is 2.56. The van der Waals surface area contributed by atoms with E-state index in [1.165, 1.54) is 12.1 Å². The fourth-order valence-corrected chi connectivity index (χ4v) is 3.23. The molecule has 2 heterocycles. The van der Waals surface area contributed by atoms with E-state index in [1.807, 2.05) is 6.92 Å². The number of carboxylic acids is 1. The zero-order valence-electron chi connectivity index (χ0n) is 12.9. The van der Waals surface area contributed by atoms with E-state index in [4.69, 9.17) is 5.11 Å². The number of nitrogens with one attached hydrogen (secondary N) is 1. The number of fused-ring (bicyclic) bond motifs is 1. The van der Waals surface area contributed by atoms with Crippen molar-refractivity contribution in [1.29, 1.82) is 0 Å². The van der Waals surface area contributed by atoms with Crippen molar-refractivity contribution in [3.05, 3.63) is 35.8 Å². The van der Waals surface area contributed by atoms with Gasteiger partial charge in [-0.1, -0.05) is 0 Å². The average Bonchev–Trinajstić information content (AvgIpc) is 2.89. The second-order valence-electron chi connectivity index (χ2n) is 6.19. The number of hydrogen-bond donors (Lipinski definition) is 2. The number of piperidine rings is 1. The number of nitrogens with zero attached hydrogens (tertiary/aromatic N) is 1. The highest BCUT2D eigenvalue weighted by molar-refractivity contribution is 5.89. The maximum atomic E-state index is 13.2. The molecule has 23 heavy (non-hydrogen) atoms. The van der Waals surface area contributed by atoms with Gasteiger partial charge in [-0.05, 0) is 43.5 Å². The lowest BCUT2D eigenvalue weighted by atomic mass is 9.93. The average molecular weight is 318 g/mol. The van der Waals surface area contributed by atoms with E-state index < -0.39 is 11.9 Å². The Morgan fingerprint density at radius 3 is 2.91 bits per heavy atom. The first-order valence-electron chi connectivity index (χ1n) is 7.73. The monoisotopic (exact) mass is 318 g/mol.